The highest BCUT2D eigenvalue weighted by atomic mass is 16.1. The average Bonchev–Trinajstić information content (AvgIpc) is 2.63. The molecule has 1 aliphatic heterocycles. The molecule has 2 aromatic heterocycles. The number of hydrogen-bond donors (Lipinski definition) is 1. The highest BCUT2D eigenvalue weighted by Gasteiger charge is 2.20. The molecule has 0 spiro atoms. The number of hydrogen-bond acceptors (Lipinski definition) is 5. The summed E-state index contributed by atoms with van der Waals surface area (Å²) in [5, 5.41) is 3.98. The van der Waals surface area contributed by atoms with Crippen molar-refractivity contribution in [2.75, 3.05) is 11.9 Å². The number of ketones is 1. The van der Waals surface area contributed by atoms with Crippen molar-refractivity contribution >= 4 is 22.5 Å². The summed E-state index contributed by atoms with van der Waals surface area (Å²) < 4.78 is 0. The van der Waals surface area contributed by atoms with Crippen molar-refractivity contribution in [1.29, 1.82) is 0 Å². The van der Waals surface area contributed by atoms with Crippen LogP contribution in [-0.4, -0.2) is 27.3 Å². The third-order valence-electron chi connectivity index (χ3n) is 4.35. The molecule has 0 aliphatic carbocycles. The lowest BCUT2D eigenvalue weighted by Crippen LogP contribution is -2.21. The zero-order valence-corrected chi connectivity index (χ0v) is 13.3. The van der Waals surface area contributed by atoms with Gasteiger partial charge in [0.2, 0.25) is 0 Å². The topological polar surface area (TPSA) is 67.8 Å². The van der Waals surface area contributed by atoms with E-state index in [0.717, 1.165) is 53.8 Å². The van der Waals surface area contributed by atoms with E-state index in [-0.39, 0.29) is 5.78 Å². The number of anilines is 1. The summed E-state index contributed by atoms with van der Waals surface area (Å²) in [4.78, 5) is 25.3. The second kappa shape index (κ2) is 6.35. The Balaban J connectivity index is 1.49. The van der Waals surface area contributed by atoms with Crippen LogP contribution in [0.25, 0.3) is 10.9 Å². The van der Waals surface area contributed by atoms with Crippen LogP contribution < -0.4 is 5.32 Å². The fourth-order valence-electron chi connectivity index (χ4n) is 3.12. The van der Waals surface area contributed by atoms with Crippen molar-refractivity contribution in [3.63, 3.8) is 0 Å². The van der Waals surface area contributed by atoms with Crippen LogP contribution in [0.15, 0.2) is 42.7 Å². The summed E-state index contributed by atoms with van der Waals surface area (Å²) in [6.07, 6.45) is 7.67. The summed E-state index contributed by atoms with van der Waals surface area (Å²) in [5.41, 5.74) is 2.89. The number of aromatic nitrogens is 3. The standard InChI is InChI=1S/C19H18N4O/c24-16-12-21-19-18-14(16)5-3-6-15(18)22-17(23-19)7-2-1-4-13-8-10-20-11-9-13/h3,5-6,8-11H,1-2,4,7,12H2,(H,21,22,23). The van der Waals surface area contributed by atoms with E-state index >= 15 is 0 Å². The molecule has 0 amide bonds. The first kappa shape index (κ1) is 14.8. The first-order valence-corrected chi connectivity index (χ1v) is 8.27. The molecule has 1 aromatic carbocycles. The fourth-order valence-corrected chi connectivity index (χ4v) is 3.12. The van der Waals surface area contributed by atoms with Crippen molar-refractivity contribution in [3.05, 3.63) is 59.7 Å². The molecule has 1 aliphatic rings. The number of aryl methyl sites for hydroxylation is 2. The Kier molecular flexibility index (Phi) is 3.91. The molecule has 0 atom stereocenters. The summed E-state index contributed by atoms with van der Waals surface area (Å²) in [7, 11) is 0. The summed E-state index contributed by atoms with van der Waals surface area (Å²) in [6, 6.07) is 9.81. The van der Waals surface area contributed by atoms with Crippen LogP contribution >= 0.6 is 0 Å². The lowest BCUT2D eigenvalue weighted by atomic mass is 10.0. The molecular weight excluding hydrogens is 300 g/mol. The van der Waals surface area contributed by atoms with Gasteiger partial charge < -0.3 is 5.32 Å². The number of nitrogens with one attached hydrogen (secondary N) is 1. The predicted octanol–water partition coefficient (Wildman–Crippen LogP) is 3.20. The third-order valence-corrected chi connectivity index (χ3v) is 4.35. The molecule has 0 saturated carbocycles. The molecule has 4 rings (SSSR count). The molecule has 0 unspecified atom stereocenters. The first-order valence-electron chi connectivity index (χ1n) is 8.27. The van der Waals surface area contributed by atoms with Crippen LogP contribution in [0.3, 0.4) is 0 Å². The smallest absolute Gasteiger partial charge is 0.182 e. The van der Waals surface area contributed by atoms with Gasteiger partial charge in [-0.3, -0.25) is 9.78 Å². The molecular formula is C19H18N4O. The number of Topliss-reactive ketones (excluding diaryl/α,β-unsaturated/α-hetero) is 1. The van der Waals surface area contributed by atoms with Crippen LogP contribution in [0, 0.1) is 0 Å². The van der Waals surface area contributed by atoms with Gasteiger partial charge in [-0.1, -0.05) is 12.1 Å². The summed E-state index contributed by atoms with van der Waals surface area (Å²) >= 11 is 0. The minimum absolute atomic E-state index is 0.0989. The highest BCUT2D eigenvalue weighted by Crippen LogP contribution is 2.28. The van der Waals surface area contributed by atoms with E-state index < -0.39 is 0 Å². The molecule has 24 heavy (non-hydrogen) atoms. The zero-order chi connectivity index (χ0) is 16.4. The Morgan fingerprint density at radius 2 is 1.83 bits per heavy atom. The second-order valence-corrected chi connectivity index (χ2v) is 6.03. The summed E-state index contributed by atoms with van der Waals surface area (Å²) in [5.74, 6) is 1.73. The molecule has 0 fully saturated rings. The molecule has 0 saturated heterocycles. The van der Waals surface area contributed by atoms with Crippen molar-refractivity contribution in [1.82, 2.24) is 15.0 Å². The number of carbonyl (C=O) groups excluding carboxylic acids is 1. The molecule has 1 N–H and O–H groups in total. The monoisotopic (exact) mass is 318 g/mol. The Bertz CT molecular complexity index is 893. The maximum Gasteiger partial charge on any atom is 0.182 e. The van der Waals surface area contributed by atoms with E-state index in [2.05, 4.69) is 32.4 Å². The van der Waals surface area contributed by atoms with Gasteiger partial charge in [0.05, 0.1) is 17.4 Å². The predicted molar refractivity (Wildman–Crippen MR) is 93.2 cm³/mol. The van der Waals surface area contributed by atoms with Crippen LogP contribution in [0.2, 0.25) is 0 Å². The number of nitrogens with zero attached hydrogens (tertiary/aromatic N) is 3. The Morgan fingerprint density at radius 3 is 2.71 bits per heavy atom. The van der Waals surface area contributed by atoms with E-state index in [1.165, 1.54) is 5.56 Å². The van der Waals surface area contributed by atoms with E-state index in [4.69, 9.17) is 0 Å². The lowest BCUT2D eigenvalue weighted by molar-refractivity contribution is 0.101. The number of carbonyl (C=O) groups is 1. The maximum absolute atomic E-state index is 12.0. The maximum atomic E-state index is 12.0. The van der Waals surface area contributed by atoms with Crippen molar-refractivity contribution in [2.45, 2.75) is 25.7 Å². The molecule has 0 radical (unpaired) electrons. The molecule has 5 heteroatoms. The van der Waals surface area contributed by atoms with Gasteiger partial charge in [-0.05, 0) is 43.0 Å². The summed E-state index contributed by atoms with van der Waals surface area (Å²) in [6.45, 7) is 0.310. The van der Waals surface area contributed by atoms with Gasteiger partial charge in [0.25, 0.3) is 0 Å². The highest BCUT2D eigenvalue weighted by molar-refractivity contribution is 6.15. The van der Waals surface area contributed by atoms with Gasteiger partial charge in [-0.15, -0.1) is 0 Å². The molecule has 3 aromatic rings. The van der Waals surface area contributed by atoms with E-state index in [0.29, 0.717) is 6.54 Å². The van der Waals surface area contributed by atoms with Gasteiger partial charge in [0.1, 0.15) is 11.6 Å². The number of unbranched alkanes of at least 4 members (excludes halogenated alkanes) is 1. The third kappa shape index (κ3) is 2.85. The largest absolute Gasteiger partial charge is 0.362 e. The van der Waals surface area contributed by atoms with Crippen LogP contribution in [0.5, 0.6) is 0 Å². The number of rotatable bonds is 5. The van der Waals surface area contributed by atoms with Gasteiger partial charge in [-0.2, -0.15) is 0 Å². The minimum Gasteiger partial charge on any atom is -0.362 e. The quantitative estimate of drug-likeness (QED) is 0.732. The Morgan fingerprint density at radius 1 is 1.00 bits per heavy atom. The van der Waals surface area contributed by atoms with Crippen molar-refractivity contribution < 1.29 is 4.79 Å². The molecule has 3 heterocycles. The normalized spacial score (nSPS) is 13.1. The fraction of sp³-hybridized carbons (Fsp3) is 0.263. The Hall–Kier alpha value is -2.82. The van der Waals surface area contributed by atoms with Crippen LogP contribution in [0.1, 0.15) is 34.6 Å². The van der Waals surface area contributed by atoms with E-state index in [1.807, 2.05) is 30.6 Å². The molecule has 5 nitrogen and oxygen atoms in total. The van der Waals surface area contributed by atoms with Gasteiger partial charge in [0.15, 0.2) is 5.78 Å². The van der Waals surface area contributed by atoms with Gasteiger partial charge in [0, 0.05) is 24.4 Å². The first-order chi connectivity index (χ1) is 11.8. The van der Waals surface area contributed by atoms with Crippen molar-refractivity contribution in [2.24, 2.45) is 0 Å². The average molecular weight is 318 g/mol. The molecule has 0 bridgehead atoms. The second-order valence-electron chi connectivity index (χ2n) is 6.03. The van der Waals surface area contributed by atoms with Crippen LogP contribution in [0.4, 0.5) is 5.82 Å². The SMILES string of the molecule is O=C1CNc2nc(CCCCc3ccncc3)nc3cccc1c23. The number of benzene rings is 1. The Labute approximate surface area is 140 Å². The number of pyridine rings is 1. The minimum atomic E-state index is 0.0989. The zero-order valence-electron chi connectivity index (χ0n) is 13.3. The van der Waals surface area contributed by atoms with Gasteiger partial charge in [-0.25, -0.2) is 9.97 Å². The lowest BCUT2D eigenvalue weighted by Gasteiger charge is -2.17. The van der Waals surface area contributed by atoms with Gasteiger partial charge >= 0.3 is 0 Å². The van der Waals surface area contributed by atoms with E-state index in [1.54, 1.807) is 0 Å². The van der Waals surface area contributed by atoms with Crippen LogP contribution in [-0.2, 0) is 12.8 Å². The van der Waals surface area contributed by atoms with E-state index in [9.17, 15) is 4.79 Å². The molecule has 120 valence electrons. The van der Waals surface area contributed by atoms with Crippen molar-refractivity contribution in [3.8, 4) is 0 Å².